The fraction of sp³-hybridized carbons (Fsp3) is 0.208. The van der Waals surface area contributed by atoms with E-state index in [1.54, 1.807) is 30.3 Å². The van der Waals surface area contributed by atoms with Crippen LogP contribution in [0.15, 0.2) is 66.7 Å². The maximum Gasteiger partial charge on any atom is 0.416 e. The zero-order valence-electron chi connectivity index (χ0n) is 17.6. The minimum atomic E-state index is -4.48. The Kier molecular flexibility index (Phi) is 7.33. The number of ether oxygens (including phenoxy) is 1. The molecule has 33 heavy (non-hydrogen) atoms. The zero-order chi connectivity index (χ0) is 24.2. The van der Waals surface area contributed by atoms with Gasteiger partial charge in [-0.05, 0) is 41.8 Å². The lowest BCUT2D eigenvalue weighted by molar-refractivity contribution is -0.137. The summed E-state index contributed by atoms with van der Waals surface area (Å²) in [6.07, 6.45) is -4.40. The molecule has 2 N–H and O–H groups in total. The molecule has 0 fully saturated rings. The fourth-order valence-electron chi connectivity index (χ4n) is 3.31. The van der Waals surface area contributed by atoms with Crippen LogP contribution in [-0.4, -0.2) is 19.6 Å². The third kappa shape index (κ3) is 5.48. The van der Waals surface area contributed by atoms with Gasteiger partial charge in [-0.1, -0.05) is 42.5 Å². The highest BCUT2D eigenvalue weighted by atomic mass is 19.4. The molecule has 9 heteroatoms. The molecular formula is C24H21F5N2O2. The Morgan fingerprint density at radius 3 is 2.18 bits per heavy atom. The number of halogens is 5. The van der Waals surface area contributed by atoms with Crippen LogP contribution in [0.1, 0.15) is 22.7 Å². The molecule has 1 atom stereocenters. The van der Waals surface area contributed by atoms with Gasteiger partial charge >= 0.3 is 6.18 Å². The Morgan fingerprint density at radius 2 is 1.61 bits per heavy atom. The van der Waals surface area contributed by atoms with Crippen molar-refractivity contribution in [2.75, 3.05) is 18.6 Å². The molecule has 0 bridgehead atoms. The molecule has 0 aromatic heterocycles. The number of hydrogen-bond donors (Lipinski definition) is 1. The molecule has 0 heterocycles. The summed E-state index contributed by atoms with van der Waals surface area (Å²) < 4.78 is 72.3. The van der Waals surface area contributed by atoms with E-state index in [2.05, 4.69) is 0 Å². The first kappa shape index (κ1) is 24.2. The molecule has 0 saturated heterocycles. The van der Waals surface area contributed by atoms with Crippen molar-refractivity contribution in [2.24, 2.45) is 5.73 Å². The Hall–Kier alpha value is -3.46. The lowest BCUT2D eigenvalue weighted by atomic mass is 10.0. The SMILES string of the molecule is COc1ccc(N(CCc2ccc(C(F)(F)F)cc2)C(=O)C(N)c2ccccc2)c(F)c1F. The maximum atomic E-state index is 14.8. The molecule has 0 saturated carbocycles. The summed E-state index contributed by atoms with van der Waals surface area (Å²) in [5.74, 6) is -3.60. The Bertz CT molecular complexity index is 1100. The number of anilines is 1. The molecule has 174 valence electrons. The third-order valence-corrected chi connectivity index (χ3v) is 5.13. The van der Waals surface area contributed by atoms with Crippen molar-refractivity contribution in [3.63, 3.8) is 0 Å². The highest BCUT2D eigenvalue weighted by Gasteiger charge is 2.30. The Labute approximate surface area is 187 Å². The lowest BCUT2D eigenvalue weighted by Crippen LogP contribution is -2.40. The second kappa shape index (κ2) is 9.99. The number of amides is 1. The normalized spacial score (nSPS) is 12.3. The van der Waals surface area contributed by atoms with Gasteiger partial charge in [-0.3, -0.25) is 4.79 Å². The third-order valence-electron chi connectivity index (χ3n) is 5.13. The second-order valence-corrected chi connectivity index (χ2v) is 7.24. The van der Waals surface area contributed by atoms with Crippen LogP contribution in [0.5, 0.6) is 5.75 Å². The van der Waals surface area contributed by atoms with E-state index in [0.29, 0.717) is 11.1 Å². The summed E-state index contributed by atoms with van der Waals surface area (Å²) >= 11 is 0. The van der Waals surface area contributed by atoms with Crippen LogP contribution in [0.4, 0.5) is 27.6 Å². The average molecular weight is 464 g/mol. The van der Waals surface area contributed by atoms with Gasteiger partial charge < -0.3 is 15.4 Å². The summed E-state index contributed by atoms with van der Waals surface area (Å²) in [5, 5.41) is 0. The first-order valence-electron chi connectivity index (χ1n) is 9.93. The van der Waals surface area contributed by atoms with Gasteiger partial charge in [-0.25, -0.2) is 4.39 Å². The first-order chi connectivity index (χ1) is 15.6. The van der Waals surface area contributed by atoms with E-state index < -0.39 is 35.3 Å². The number of rotatable bonds is 7. The largest absolute Gasteiger partial charge is 0.494 e. The molecule has 4 nitrogen and oxygen atoms in total. The zero-order valence-corrected chi connectivity index (χ0v) is 17.6. The standard InChI is InChI=1S/C24H21F5N2O2/c1-33-19-12-11-18(20(25)21(19)26)31(23(32)22(30)16-5-3-2-4-6-16)14-13-15-7-9-17(10-8-15)24(27,28)29/h2-12,22H,13-14,30H2,1H3. The Morgan fingerprint density at radius 1 is 0.970 bits per heavy atom. The molecule has 0 radical (unpaired) electrons. The number of carbonyl (C=O) groups excluding carboxylic acids is 1. The van der Waals surface area contributed by atoms with E-state index in [4.69, 9.17) is 10.5 Å². The summed E-state index contributed by atoms with van der Waals surface area (Å²) in [5.41, 5.74) is 5.88. The topological polar surface area (TPSA) is 55.6 Å². The van der Waals surface area contributed by atoms with Crippen molar-refractivity contribution in [3.05, 3.63) is 95.1 Å². The molecule has 1 unspecified atom stereocenters. The van der Waals surface area contributed by atoms with E-state index in [1.807, 2.05) is 0 Å². The van der Waals surface area contributed by atoms with Gasteiger partial charge in [-0.2, -0.15) is 17.6 Å². The van der Waals surface area contributed by atoms with Gasteiger partial charge in [0.05, 0.1) is 18.4 Å². The van der Waals surface area contributed by atoms with E-state index in [9.17, 15) is 26.7 Å². The first-order valence-corrected chi connectivity index (χ1v) is 9.93. The molecule has 3 aromatic carbocycles. The van der Waals surface area contributed by atoms with Crippen LogP contribution in [0, 0.1) is 11.6 Å². The van der Waals surface area contributed by atoms with Crippen molar-refractivity contribution in [1.29, 1.82) is 0 Å². The minimum Gasteiger partial charge on any atom is -0.494 e. The highest BCUT2D eigenvalue weighted by molar-refractivity contribution is 5.98. The molecule has 0 aliphatic rings. The molecular weight excluding hydrogens is 443 g/mol. The number of alkyl halides is 3. The van der Waals surface area contributed by atoms with Crippen LogP contribution in [-0.2, 0) is 17.4 Å². The molecule has 0 aliphatic heterocycles. The van der Waals surface area contributed by atoms with Gasteiger partial charge in [0, 0.05) is 6.54 Å². The second-order valence-electron chi connectivity index (χ2n) is 7.24. The molecule has 3 rings (SSSR count). The van der Waals surface area contributed by atoms with Gasteiger partial charge in [0.2, 0.25) is 11.7 Å². The number of benzene rings is 3. The van der Waals surface area contributed by atoms with Crippen molar-refractivity contribution in [3.8, 4) is 5.75 Å². The average Bonchev–Trinajstić information content (AvgIpc) is 2.81. The van der Waals surface area contributed by atoms with E-state index in [1.165, 1.54) is 31.4 Å². The number of carbonyl (C=O) groups is 1. The molecule has 0 spiro atoms. The van der Waals surface area contributed by atoms with Crippen LogP contribution < -0.4 is 15.4 Å². The van der Waals surface area contributed by atoms with Gasteiger partial charge in [0.1, 0.15) is 6.04 Å². The minimum absolute atomic E-state index is 0.0818. The Balaban J connectivity index is 1.92. The van der Waals surface area contributed by atoms with Crippen LogP contribution >= 0.6 is 0 Å². The number of methoxy groups -OCH3 is 1. The molecule has 0 aliphatic carbocycles. The smallest absolute Gasteiger partial charge is 0.416 e. The van der Waals surface area contributed by atoms with Gasteiger partial charge in [0.15, 0.2) is 11.6 Å². The number of hydrogen-bond acceptors (Lipinski definition) is 3. The maximum absolute atomic E-state index is 14.8. The summed E-state index contributed by atoms with van der Waals surface area (Å²) in [6.45, 7) is -0.145. The van der Waals surface area contributed by atoms with Crippen LogP contribution in [0.3, 0.4) is 0 Å². The van der Waals surface area contributed by atoms with Crippen LogP contribution in [0.2, 0.25) is 0 Å². The lowest BCUT2D eigenvalue weighted by Gasteiger charge is -2.27. The summed E-state index contributed by atoms with van der Waals surface area (Å²) in [4.78, 5) is 14.2. The van der Waals surface area contributed by atoms with Crippen molar-refractivity contribution < 1.29 is 31.5 Å². The summed E-state index contributed by atoms with van der Waals surface area (Å²) in [7, 11) is 1.18. The van der Waals surface area contributed by atoms with Crippen molar-refractivity contribution in [2.45, 2.75) is 18.6 Å². The molecule has 3 aromatic rings. The van der Waals surface area contributed by atoms with E-state index in [-0.39, 0.29) is 24.4 Å². The van der Waals surface area contributed by atoms with E-state index >= 15 is 0 Å². The van der Waals surface area contributed by atoms with Gasteiger partial charge in [0.25, 0.3) is 0 Å². The van der Waals surface area contributed by atoms with Crippen molar-refractivity contribution in [1.82, 2.24) is 0 Å². The summed E-state index contributed by atoms with van der Waals surface area (Å²) in [6, 6.07) is 14.0. The quantitative estimate of drug-likeness (QED) is 0.485. The van der Waals surface area contributed by atoms with E-state index in [0.717, 1.165) is 17.0 Å². The van der Waals surface area contributed by atoms with Gasteiger partial charge in [-0.15, -0.1) is 0 Å². The monoisotopic (exact) mass is 464 g/mol. The van der Waals surface area contributed by atoms with Crippen molar-refractivity contribution >= 4 is 11.6 Å². The van der Waals surface area contributed by atoms with Crippen LogP contribution in [0.25, 0.3) is 0 Å². The predicted octanol–water partition coefficient (Wildman–Crippen LogP) is 5.27. The number of nitrogens with two attached hydrogens (primary N) is 1. The fourth-order valence-corrected chi connectivity index (χ4v) is 3.31. The predicted molar refractivity (Wildman–Crippen MR) is 114 cm³/mol. The molecule has 1 amide bonds. The number of nitrogens with zero attached hydrogens (tertiary/aromatic N) is 1. The highest BCUT2D eigenvalue weighted by Crippen LogP contribution is 2.31.